The summed E-state index contributed by atoms with van der Waals surface area (Å²) in [4.78, 5) is 12.7. The summed E-state index contributed by atoms with van der Waals surface area (Å²) in [6.07, 6.45) is 0. The number of rotatable bonds is 8. The van der Waals surface area contributed by atoms with Crippen LogP contribution in [0.3, 0.4) is 0 Å². The zero-order chi connectivity index (χ0) is 20.9. The number of carbonyl (C=O) groups is 1. The minimum atomic E-state index is -3.69. The van der Waals surface area contributed by atoms with E-state index in [1.165, 1.54) is 26.2 Å². The second-order valence-corrected chi connectivity index (χ2v) is 8.89. The fraction of sp³-hybridized carbons (Fsp3) is 0.316. The van der Waals surface area contributed by atoms with Crippen molar-refractivity contribution in [2.24, 2.45) is 0 Å². The van der Waals surface area contributed by atoms with E-state index in [-0.39, 0.29) is 10.5 Å². The van der Waals surface area contributed by atoms with Gasteiger partial charge >= 0.3 is 0 Å². The molecule has 1 amide bonds. The van der Waals surface area contributed by atoms with Gasteiger partial charge in [0, 0.05) is 35.9 Å². The Kier molecular flexibility index (Phi) is 7.45. The van der Waals surface area contributed by atoms with E-state index in [0.29, 0.717) is 34.9 Å². The summed E-state index contributed by atoms with van der Waals surface area (Å²) >= 11 is 3.23. The Hall–Kier alpha value is -2.10. The van der Waals surface area contributed by atoms with Gasteiger partial charge < -0.3 is 14.8 Å². The second kappa shape index (κ2) is 9.40. The lowest BCUT2D eigenvalue weighted by atomic mass is 10.2. The number of anilines is 1. The predicted octanol–water partition coefficient (Wildman–Crippen LogP) is 3.75. The molecule has 2 aromatic carbocycles. The average Bonchev–Trinajstić information content (AvgIpc) is 2.64. The van der Waals surface area contributed by atoms with Gasteiger partial charge in [0.05, 0.1) is 18.1 Å². The first kappa shape index (κ1) is 22.2. The van der Waals surface area contributed by atoms with Crippen LogP contribution >= 0.6 is 15.9 Å². The number of hydrogen-bond acceptors (Lipinski definition) is 5. The second-order valence-electron chi connectivity index (χ2n) is 5.91. The molecule has 152 valence electrons. The average molecular weight is 471 g/mol. The minimum absolute atomic E-state index is 0.0202. The van der Waals surface area contributed by atoms with Gasteiger partial charge in [0.1, 0.15) is 0 Å². The van der Waals surface area contributed by atoms with Gasteiger partial charge in [0.25, 0.3) is 5.91 Å². The Labute approximate surface area is 173 Å². The van der Waals surface area contributed by atoms with Crippen LogP contribution < -0.4 is 14.8 Å². The van der Waals surface area contributed by atoms with E-state index in [2.05, 4.69) is 21.2 Å². The monoisotopic (exact) mass is 470 g/mol. The Balaban J connectivity index is 2.32. The first-order chi connectivity index (χ1) is 13.2. The standard InChI is InChI=1S/C19H23BrN2O5S/c1-5-26-16-10-8-14(12-17(16)27-6-2)21-19(23)13-7-9-15(20)18(11-13)28(24,25)22(3)4/h7-12H,5-6H2,1-4H3,(H,21,23). The summed E-state index contributed by atoms with van der Waals surface area (Å²) < 4.78 is 37.4. The third-order valence-electron chi connectivity index (χ3n) is 3.75. The molecular weight excluding hydrogens is 448 g/mol. The van der Waals surface area contributed by atoms with E-state index in [1.54, 1.807) is 24.3 Å². The molecule has 0 saturated carbocycles. The molecular formula is C19H23BrN2O5S. The number of halogens is 1. The summed E-state index contributed by atoms with van der Waals surface area (Å²) in [5, 5.41) is 2.76. The topological polar surface area (TPSA) is 84.9 Å². The van der Waals surface area contributed by atoms with Gasteiger partial charge in [-0.3, -0.25) is 4.79 Å². The quantitative estimate of drug-likeness (QED) is 0.634. The van der Waals surface area contributed by atoms with E-state index in [9.17, 15) is 13.2 Å². The van der Waals surface area contributed by atoms with Crippen LogP contribution in [0.5, 0.6) is 11.5 Å². The van der Waals surface area contributed by atoms with Crippen LogP contribution in [0.25, 0.3) is 0 Å². The summed E-state index contributed by atoms with van der Waals surface area (Å²) in [7, 11) is -0.824. The van der Waals surface area contributed by atoms with Crippen LogP contribution in [0.15, 0.2) is 45.8 Å². The molecule has 0 unspecified atom stereocenters. The molecule has 0 heterocycles. The van der Waals surface area contributed by atoms with Gasteiger partial charge in [-0.2, -0.15) is 0 Å². The number of sulfonamides is 1. The minimum Gasteiger partial charge on any atom is -0.490 e. The number of nitrogens with one attached hydrogen (secondary N) is 1. The highest BCUT2D eigenvalue weighted by atomic mass is 79.9. The SMILES string of the molecule is CCOc1ccc(NC(=O)c2ccc(Br)c(S(=O)(=O)N(C)C)c2)cc1OCC. The maximum atomic E-state index is 12.6. The molecule has 0 aromatic heterocycles. The summed E-state index contributed by atoms with van der Waals surface area (Å²) in [5.41, 5.74) is 0.729. The molecule has 0 spiro atoms. The fourth-order valence-corrected chi connectivity index (χ4v) is 4.22. The first-order valence-electron chi connectivity index (χ1n) is 8.63. The molecule has 0 radical (unpaired) electrons. The van der Waals surface area contributed by atoms with Gasteiger partial charge in [0.2, 0.25) is 10.0 Å². The molecule has 1 N–H and O–H groups in total. The van der Waals surface area contributed by atoms with Gasteiger partial charge in [-0.1, -0.05) is 0 Å². The lowest BCUT2D eigenvalue weighted by molar-refractivity contribution is 0.102. The molecule has 0 aliphatic carbocycles. The molecule has 28 heavy (non-hydrogen) atoms. The molecule has 0 fully saturated rings. The highest BCUT2D eigenvalue weighted by Crippen LogP contribution is 2.31. The molecule has 7 nitrogen and oxygen atoms in total. The summed E-state index contributed by atoms with van der Waals surface area (Å²) in [6.45, 7) is 4.68. The Morgan fingerprint density at radius 1 is 1.04 bits per heavy atom. The van der Waals surface area contributed by atoms with Crippen molar-refractivity contribution < 1.29 is 22.7 Å². The molecule has 9 heteroatoms. The molecule has 0 aliphatic rings. The van der Waals surface area contributed by atoms with Crippen molar-refractivity contribution in [1.82, 2.24) is 4.31 Å². The van der Waals surface area contributed by atoms with Crippen LogP contribution in [0.4, 0.5) is 5.69 Å². The maximum Gasteiger partial charge on any atom is 0.255 e. The lowest BCUT2D eigenvalue weighted by Gasteiger charge is -2.15. The van der Waals surface area contributed by atoms with Crippen molar-refractivity contribution in [3.05, 3.63) is 46.4 Å². The molecule has 0 atom stereocenters. The van der Waals surface area contributed by atoms with Crippen molar-refractivity contribution in [2.75, 3.05) is 32.6 Å². The molecule has 0 bridgehead atoms. The van der Waals surface area contributed by atoms with Crippen LogP contribution in [-0.4, -0.2) is 45.9 Å². The Morgan fingerprint density at radius 3 is 2.29 bits per heavy atom. The van der Waals surface area contributed by atoms with Crippen molar-refractivity contribution in [3.8, 4) is 11.5 Å². The van der Waals surface area contributed by atoms with E-state index in [1.807, 2.05) is 13.8 Å². The number of carbonyl (C=O) groups excluding carboxylic acids is 1. The van der Waals surface area contributed by atoms with Crippen LogP contribution in [0, 0.1) is 0 Å². The van der Waals surface area contributed by atoms with Gasteiger partial charge in [-0.15, -0.1) is 0 Å². The van der Waals surface area contributed by atoms with Crippen LogP contribution in [0.1, 0.15) is 24.2 Å². The number of hydrogen-bond donors (Lipinski definition) is 1. The largest absolute Gasteiger partial charge is 0.490 e. The van der Waals surface area contributed by atoms with Crippen molar-refractivity contribution in [2.45, 2.75) is 18.7 Å². The van der Waals surface area contributed by atoms with E-state index < -0.39 is 15.9 Å². The van der Waals surface area contributed by atoms with Crippen LogP contribution in [0.2, 0.25) is 0 Å². The van der Waals surface area contributed by atoms with Gasteiger partial charge in [-0.25, -0.2) is 12.7 Å². The van der Waals surface area contributed by atoms with Gasteiger partial charge in [0.15, 0.2) is 11.5 Å². The smallest absolute Gasteiger partial charge is 0.255 e. The highest BCUT2D eigenvalue weighted by Gasteiger charge is 2.22. The third kappa shape index (κ3) is 5.03. The highest BCUT2D eigenvalue weighted by molar-refractivity contribution is 9.10. The van der Waals surface area contributed by atoms with Crippen molar-refractivity contribution in [3.63, 3.8) is 0 Å². The Morgan fingerprint density at radius 2 is 1.68 bits per heavy atom. The number of ether oxygens (including phenoxy) is 2. The molecule has 0 aliphatic heterocycles. The predicted molar refractivity (Wildman–Crippen MR) is 112 cm³/mol. The fourth-order valence-electron chi connectivity index (χ4n) is 2.37. The summed E-state index contributed by atoms with van der Waals surface area (Å²) in [5.74, 6) is 0.675. The van der Waals surface area contributed by atoms with Crippen molar-refractivity contribution in [1.29, 1.82) is 0 Å². The Bertz CT molecular complexity index is 961. The van der Waals surface area contributed by atoms with Crippen LogP contribution in [-0.2, 0) is 10.0 Å². The maximum absolute atomic E-state index is 12.6. The van der Waals surface area contributed by atoms with E-state index >= 15 is 0 Å². The molecule has 0 saturated heterocycles. The lowest BCUT2D eigenvalue weighted by Crippen LogP contribution is -2.23. The van der Waals surface area contributed by atoms with E-state index in [0.717, 1.165) is 4.31 Å². The number of benzene rings is 2. The number of nitrogens with zero attached hydrogens (tertiary/aromatic N) is 1. The number of amides is 1. The van der Waals surface area contributed by atoms with Gasteiger partial charge in [-0.05, 0) is 60.1 Å². The third-order valence-corrected chi connectivity index (χ3v) is 6.56. The normalized spacial score (nSPS) is 11.4. The summed E-state index contributed by atoms with van der Waals surface area (Å²) in [6, 6.07) is 9.51. The van der Waals surface area contributed by atoms with Crippen molar-refractivity contribution >= 4 is 37.5 Å². The molecule has 2 aromatic rings. The first-order valence-corrected chi connectivity index (χ1v) is 10.9. The zero-order valence-corrected chi connectivity index (χ0v) is 18.6. The molecule has 2 rings (SSSR count). The zero-order valence-electron chi connectivity index (χ0n) is 16.2. The van der Waals surface area contributed by atoms with E-state index in [4.69, 9.17) is 9.47 Å².